The van der Waals surface area contributed by atoms with Gasteiger partial charge in [-0.2, -0.15) is 0 Å². The number of hydrogen-bond donors (Lipinski definition) is 2. The number of carbonyl (C=O) groups is 3. The highest BCUT2D eigenvalue weighted by molar-refractivity contribution is 6.34. The van der Waals surface area contributed by atoms with Crippen molar-refractivity contribution in [1.29, 1.82) is 0 Å². The summed E-state index contributed by atoms with van der Waals surface area (Å²) in [4.78, 5) is 36.1. The molecule has 7 heteroatoms. The molecule has 3 aromatic rings. The Hall–Kier alpha value is -3.90. The van der Waals surface area contributed by atoms with E-state index in [1.54, 1.807) is 66.7 Å². The van der Waals surface area contributed by atoms with Crippen LogP contribution in [-0.4, -0.2) is 29.9 Å². The summed E-state index contributed by atoms with van der Waals surface area (Å²) in [7, 11) is 1.44. The number of rotatable bonds is 8. The van der Waals surface area contributed by atoms with Gasteiger partial charge >= 0.3 is 5.97 Å². The molecule has 6 nitrogen and oxygen atoms in total. The van der Waals surface area contributed by atoms with E-state index in [0.29, 0.717) is 38.7 Å². The largest absolute Gasteiger partial charge is 0.496 e. The predicted octanol–water partition coefficient (Wildman–Crippen LogP) is 5.12. The molecule has 0 spiro atoms. The molecular weight excluding hydrogens is 430 g/mol. The number of carbonyl (C=O) groups excluding carboxylic acids is 2. The molecule has 0 aliphatic heterocycles. The van der Waals surface area contributed by atoms with E-state index in [9.17, 15) is 14.4 Å². The quantitative estimate of drug-likeness (QED) is 0.367. The Morgan fingerprint density at radius 3 is 2.53 bits per heavy atom. The van der Waals surface area contributed by atoms with E-state index >= 15 is 0 Å². The molecule has 0 atom stereocenters. The Kier molecular flexibility index (Phi) is 7.41. The molecule has 0 aliphatic rings. The SMILES string of the molecule is COc1ccc(C(=O)/C=C/c2cccc(NC(=O)c3ccccc3Cl)c2)cc1CC(=O)O. The first kappa shape index (κ1) is 22.8. The maximum Gasteiger partial charge on any atom is 0.307 e. The first-order chi connectivity index (χ1) is 15.4. The number of carboxylic acids is 1. The van der Waals surface area contributed by atoms with E-state index in [4.69, 9.17) is 21.4 Å². The molecule has 0 heterocycles. The maximum atomic E-state index is 12.6. The van der Waals surface area contributed by atoms with Crippen molar-refractivity contribution in [1.82, 2.24) is 0 Å². The molecule has 0 aromatic heterocycles. The fourth-order valence-corrected chi connectivity index (χ4v) is 3.29. The third-order valence-corrected chi connectivity index (χ3v) is 4.93. The van der Waals surface area contributed by atoms with Crippen LogP contribution in [0.15, 0.2) is 72.8 Å². The number of benzene rings is 3. The summed E-state index contributed by atoms with van der Waals surface area (Å²) in [5.41, 5.74) is 2.39. The van der Waals surface area contributed by atoms with Crippen LogP contribution in [0, 0.1) is 0 Å². The third-order valence-electron chi connectivity index (χ3n) is 4.60. The lowest BCUT2D eigenvalue weighted by atomic mass is 10.0. The molecule has 3 aromatic carbocycles. The lowest BCUT2D eigenvalue weighted by molar-refractivity contribution is -0.136. The molecule has 0 saturated carbocycles. The second kappa shape index (κ2) is 10.4. The van der Waals surface area contributed by atoms with Crippen molar-refractivity contribution in [3.63, 3.8) is 0 Å². The molecule has 1 amide bonds. The van der Waals surface area contributed by atoms with Gasteiger partial charge in [-0.05, 0) is 54.1 Å². The van der Waals surface area contributed by atoms with Crippen molar-refractivity contribution < 1.29 is 24.2 Å². The number of carboxylic acid groups (broad SMARTS) is 1. The fourth-order valence-electron chi connectivity index (χ4n) is 3.06. The van der Waals surface area contributed by atoms with Crippen LogP contribution in [0.25, 0.3) is 6.08 Å². The van der Waals surface area contributed by atoms with Gasteiger partial charge in [-0.25, -0.2) is 0 Å². The van der Waals surface area contributed by atoms with Gasteiger partial charge in [0.1, 0.15) is 5.75 Å². The molecule has 162 valence electrons. The third kappa shape index (κ3) is 5.83. The summed E-state index contributed by atoms with van der Waals surface area (Å²) < 4.78 is 5.16. The predicted molar refractivity (Wildman–Crippen MR) is 124 cm³/mol. The summed E-state index contributed by atoms with van der Waals surface area (Å²) in [6.45, 7) is 0. The zero-order valence-electron chi connectivity index (χ0n) is 17.2. The van der Waals surface area contributed by atoms with Gasteiger partial charge in [0.05, 0.1) is 24.1 Å². The van der Waals surface area contributed by atoms with Crippen LogP contribution in [0.5, 0.6) is 5.75 Å². The van der Waals surface area contributed by atoms with Crippen molar-refractivity contribution in [2.45, 2.75) is 6.42 Å². The number of allylic oxidation sites excluding steroid dienone is 1. The fraction of sp³-hybridized carbons (Fsp3) is 0.0800. The monoisotopic (exact) mass is 449 g/mol. The van der Waals surface area contributed by atoms with Gasteiger partial charge in [0.25, 0.3) is 5.91 Å². The molecule has 0 fully saturated rings. The lowest BCUT2D eigenvalue weighted by Gasteiger charge is -2.08. The summed E-state index contributed by atoms with van der Waals surface area (Å²) in [5, 5.41) is 12.2. The minimum Gasteiger partial charge on any atom is -0.496 e. The Morgan fingerprint density at radius 2 is 1.81 bits per heavy atom. The van der Waals surface area contributed by atoms with Crippen LogP contribution in [-0.2, 0) is 11.2 Å². The van der Waals surface area contributed by atoms with Gasteiger partial charge in [0.15, 0.2) is 5.78 Å². The molecule has 0 unspecified atom stereocenters. The van der Waals surface area contributed by atoms with Crippen molar-refractivity contribution in [3.8, 4) is 5.75 Å². The highest BCUT2D eigenvalue weighted by atomic mass is 35.5. The van der Waals surface area contributed by atoms with Crippen molar-refractivity contribution in [2.24, 2.45) is 0 Å². The second-order valence-electron chi connectivity index (χ2n) is 6.85. The second-order valence-corrected chi connectivity index (χ2v) is 7.26. The van der Waals surface area contributed by atoms with Gasteiger partial charge in [-0.3, -0.25) is 14.4 Å². The average Bonchev–Trinajstić information content (AvgIpc) is 2.77. The van der Waals surface area contributed by atoms with E-state index in [-0.39, 0.29) is 18.1 Å². The van der Waals surface area contributed by atoms with Crippen LogP contribution >= 0.6 is 11.6 Å². The number of ether oxygens (including phenoxy) is 1. The van der Waals surface area contributed by atoms with E-state index in [1.165, 1.54) is 19.3 Å². The zero-order valence-corrected chi connectivity index (χ0v) is 17.9. The summed E-state index contributed by atoms with van der Waals surface area (Å²) in [6.07, 6.45) is 2.76. The number of hydrogen-bond acceptors (Lipinski definition) is 4. The number of methoxy groups -OCH3 is 1. The smallest absolute Gasteiger partial charge is 0.307 e. The summed E-state index contributed by atoms with van der Waals surface area (Å²) in [5.74, 6) is -1.23. The first-order valence-electron chi connectivity index (χ1n) is 9.64. The number of aliphatic carboxylic acids is 1. The first-order valence-corrected chi connectivity index (χ1v) is 10.0. The molecule has 32 heavy (non-hydrogen) atoms. The number of anilines is 1. The van der Waals surface area contributed by atoms with Gasteiger partial charge in [0, 0.05) is 16.8 Å². The van der Waals surface area contributed by atoms with Crippen molar-refractivity contribution in [3.05, 3.63) is 100 Å². The van der Waals surface area contributed by atoms with Crippen LogP contribution < -0.4 is 10.1 Å². The molecule has 0 bridgehead atoms. The molecule has 0 radical (unpaired) electrons. The average molecular weight is 450 g/mol. The number of ketones is 1. The van der Waals surface area contributed by atoms with Crippen LogP contribution in [0.1, 0.15) is 31.8 Å². The number of halogens is 1. The molecule has 0 saturated heterocycles. The van der Waals surface area contributed by atoms with E-state index in [0.717, 1.165) is 0 Å². The highest BCUT2D eigenvalue weighted by Gasteiger charge is 2.12. The van der Waals surface area contributed by atoms with Crippen molar-refractivity contribution >= 4 is 41.0 Å². The minimum absolute atomic E-state index is 0.249. The van der Waals surface area contributed by atoms with Crippen LogP contribution in [0.3, 0.4) is 0 Å². The van der Waals surface area contributed by atoms with Gasteiger partial charge < -0.3 is 15.2 Å². The van der Waals surface area contributed by atoms with E-state index in [2.05, 4.69) is 5.32 Å². The standard InChI is InChI=1S/C25H20ClNO5/c1-32-23-12-10-17(14-18(23)15-24(29)30)22(28)11-9-16-5-4-6-19(13-16)27-25(31)20-7-2-3-8-21(20)26/h2-14H,15H2,1H3,(H,27,31)(H,29,30)/b11-9+. The Labute approximate surface area is 190 Å². The Bertz CT molecular complexity index is 1200. The topological polar surface area (TPSA) is 92.7 Å². The Balaban J connectivity index is 1.74. The Morgan fingerprint density at radius 1 is 1.03 bits per heavy atom. The number of amides is 1. The van der Waals surface area contributed by atoms with E-state index in [1.807, 2.05) is 0 Å². The minimum atomic E-state index is -1.01. The lowest BCUT2D eigenvalue weighted by Crippen LogP contribution is -2.12. The molecular formula is C25H20ClNO5. The highest BCUT2D eigenvalue weighted by Crippen LogP contribution is 2.22. The molecule has 3 rings (SSSR count). The van der Waals surface area contributed by atoms with Gasteiger partial charge in [-0.1, -0.05) is 41.9 Å². The van der Waals surface area contributed by atoms with E-state index < -0.39 is 5.97 Å². The van der Waals surface area contributed by atoms with Gasteiger partial charge in [-0.15, -0.1) is 0 Å². The normalized spacial score (nSPS) is 10.7. The number of nitrogens with one attached hydrogen (secondary N) is 1. The van der Waals surface area contributed by atoms with Crippen LogP contribution in [0.2, 0.25) is 5.02 Å². The zero-order chi connectivity index (χ0) is 23.1. The molecule has 0 aliphatic carbocycles. The molecule has 2 N–H and O–H groups in total. The summed E-state index contributed by atoms with van der Waals surface area (Å²) in [6, 6.07) is 18.4. The van der Waals surface area contributed by atoms with Crippen molar-refractivity contribution in [2.75, 3.05) is 12.4 Å². The van der Waals surface area contributed by atoms with Crippen LogP contribution in [0.4, 0.5) is 5.69 Å². The summed E-state index contributed by atoms with van der Waals surface area (Å²) >= 11 is 6.07. The maximum absolute atomic E-state index is 12.6. The van der Waals surface area contributed by atoms with Gasteiger partial charge in [0.2, 0.25) is 0 Å².